The third kappa shape index (κ3) is 6.12. The minimum absolute atomic E-state index is 0.0370. The molecule has 0 radical (unpaired) electrons. The van der Waals surface area contributed by atoms with Gasteiger partial charge in [-0.3, -0.25) is 4.79 Å². The number of ether oxygens (including phenoxy) is 2. The van der Waals surface area contributed by atoms with E-state index in [1.165, 1.54) is 13.2 Å². The van der Waals surface area contributed by atoms with Crippen LogP contribution in [0.4, 0.5) is 5.69 Å². The number of aryl methyl sites for hydroxylation is 1. The summed E-state index contributed by atoms with van der Waals surface area (Å²) in [5.74, 6) is 0.480. The summed E-state index contributed by atoms with van der Waals surface area (Å²) in [4.78, 5) is 12.6. The van der Waals surface area contributed by atoms with E-state index >= 15 is 0 Å². The molecule has 7 heteroatoms. The lowest BCUT2D eigenvalue weighted by molar-refractivity contribution is -0.112. The largest absolute Gasteiger partial charge is 0.493 e. The Labute approximate surface area is 206 Å². The molecule has 6 nitrogen and oxygen atoms in total. The Balaban J connectivity index is 1.83. The first kappa shape index (κ1) is 23.8. The van der Waals surface area contributed by atoms with Crippen molar-refractivity contribution in [1.82, 2.24) is 0 Å². The molecule has 3 aromatic rings. The van der Waals surface area contributed by atoms with Crippen molar-refractivity contribution < 1.29 is 14.3 Å². The van der Waals surface area contributed by atoms with Gasteiger partial charge in [-0.2, -0.15) is 10.5 Å². The lowest BCUT2D eigenvalue weighted by atomic mass is 10.1. The molecule has 0 aliphatic carbocycles. The maximum atomic E-state index is 12.6. The number of hydrogen-bond acceptors (Lipinski definition) is 5. The fraction of sp³-hybridized carbons (Fsp3) is 0.115. The topological polar surface area (TPSA) is 95.1 Å². The van der Waals surface area contributed by atoms with Crippen molar-refractivity contribution in [2.24, 2.45) is 0 Å². The molecule has 3 rings (SSSR count). The number of benzene rings is 3. The average molecular weight is 549 g/mol. The van der Waals surface area contributed by atoms with Crippen LogP contribution in [0, 0.1) is 33.2 Å². The fourth-order valence-corrected chi connectivity index (χ4v) is 3.80. The molecule has 33 heavy (non-hydrogen) atoms. The number of carbonyl (C=O) groups is 1. The van der Waals surface area contributed by atoms with Gasteiger partial charge >= 0.3 is 0 Å². The predicted molar refractivity (Wildman–Crippen MR) is 135 cm³/mol. The highest BCUT2D eigenvalue weighted by Crippen LogP contribution is 2.35. The maximum Gasteiger partial charge on any atom is 0.266 e. The Bertz CT molecular complexity index is 1290. The third-order valence-electron chi connectivity index (χ3n) is 4.75. The average Bonchev–Trinajstić information content (AvgIpc) is 2.83. The molecule has 0 aliphatic heterocycles. The van der Waals surface area contributed by atoms with Crippen LogP contribution in [-0.2, 0) is 11.4 Å². The number of amides is 1. The van der Waals surface area contributed by atoms with Crippen LogP contribution in [0.25, 0.3) is 6.08 Å². The Morgan fingerprint density at radius 1 is 1.12 bits per heavy atom. The monoisotopic (exact) mass is 549 g/mol. The van der Waals surface area contributed by atoms with E-state index in [9.17, 15) is 15.3 Å². The first-order valence-electron chi connectivity index (χ1n) is 9.93. The van der Waals surface area contributed by atoms with Gasteiger partial charge in [0, 0.05) is 11.3 Å². The Morgan fingerprint density at radius 3 is 2.52 bits per heavy atom. The van der Waals surface area contributed by atoms with Crippen molar-refractivity contribution in [1.29, 1.82) is 10.5 Å². The highest BCUT2D eigenvalue weighted by atomic mass is 127. The van der Waals surface area contributed by atoms with Gasteiger partial charge in [0.2, 0.25) is 0 Å². The van der Waals surface area contributed by atoms with E-state index in [1.54, 1.807) is 36.4 Å². The summed E-state index contributed by atoms with van der Waals surface area (Å²) in [6.07, 6.45) is 1.50. The zero-order chi connectivity index (χ0) is 23.8. The zero-order valence-electron chi connectivity index (χ0n) is 18.1. The summed E-state index contributed by atoms with van der Waals surface area (Å²) in [6.45, 7) is 2.16. The summed E-state index contributed by atoms with van der Waals surface area (Å²) in [5.41, 5.74) is 3.58. The Kier molecular flexibility index (Phi) is 8.06. The summed E-state index contributed by atoms with van der Waals surface area (Å²) >= 11 is 2.11. The molecule has 1 N–H and O–H groups in total. The van der Waals surface area contributed by atoms with Gasteiger partial charge in [-0.05, 0) is 71.5 Å². The summed E-state index contributed by atoms with van der Waals surface area (Å²) in [7, 11) is 1.52. The van der Waals surface area contributed by atoms with Crippen molar-refractivity contribution in [3.63, 3.8) is 0 Å². The predicted octanol–water partition coefficient (Wildman–Crippen LogP) is 5.60. The molecule has 0 bridgehead atoms. The van der Waals surface area contributed by atoms with E-state index in [0.29, 0.717) is 28.3 Å². The number of carbonyl (C=O) groups excluding carboxylic acids is 1. The molecular weight excluding hydrogens is 529 g/mol. The summed E-state index contributed by atoms with van der Waals surface area (Å²) in [5, 5.41) is 21.5. The number of anilines is 1. The number of methoxy groups -OCH3 is 1. The van der Waals surface area contributed by atoms with Crippen LogP contribution in [0.2, 0.25) is 0 Å². The molecule has 164 valence electrons. The molecule has 0 saturated carbocycles. The second-order valence-electron chi connectivity index (χ2n) is 7.08. The third-order valence-corrected chi connectivity index (χ3v) is 5.55. The van der Waals surface area contributed by atoms with E-state index in [1.807, 2.05) is 37.3 Å². The van der Waals surface area contributed by atoms with Crippen LogP contribution in [0.3, 0.4) is 0 Å². The fourth-order valence-electron chi connectivity index (χ4n) is 3.02. The van der Waals surface area contributed by atoms with E-state index in [-0.39, 0.29) is 12.2 Å². The van der Waals surface area contributed by atoms with Gasteiger partial charge in [0.15, 0.2) is 11.5 Å². The van der Waals surface area contributed by atoms with E-state index in [4.69, 9.17) is 9.47 Å². The smallest absolute Gasteiger partial charge is 0.266 e. The van der Waals surface area contributed by atoms with Gasteiger partial charge < -0.3 is 14.8 Å². The standard InChI is InChI=1S/C26H20IN3O3/c1-17-7-9-22(10-8-17)30-26(31)21(15-29)11-18-12-23(27)25(24(13-18)32-2)33-16-20-6-4-3-5-19(20)14-28/h3-13H,16H2,1-2H3,(H,30,31)/b21-11+. The van der Waals surface area contributed by atoms with Gasteiger partial charge in [-0.15, -0.1) is 0 Å². The number of nitrogens with one attached hydrogen (secondary N) is 1. The second-order valence-corrected chi connectivity index (χ2v) is 8.24. The molecule has 0 atom stereocenters. The molecule has 0 saturated heterocycles. The first-order valence-corrected chi connectivity index (χ1v) is 11.0. The number of halogens is 1. The van der Waals surface area contributed by atoms with Crippen LogP contribution < -0.4 is 14.8 Å². The van der Waals surface area contributed by atoms with Crippen molar-refractivity contribution in [2.75, 3.05) is 12.4 Å². The van der Waals surface area contributed by atoms with E-state index in [0.717, 1.165) is 14.7 Å². The van der Waals surface area contributed by atoms with Crippen molar-refractivity contribution in [3.05, 3.63) is 92.1 Å². The van der Waals surface area contributed by atoms with Crippen molar-refractivity contribution in [3.8, 4) is 23.6 Å². The SMILES string of the molecule is COc1cc(/C=C(\C#N)C(=O)Nc2ccc(C)cc2)cc(I)c1OCc1ccccc1C#N. The van der Waals surface area contributed by atoms with Gasteiger partial charge in [-0.25, -0.2) is 0 Å². The minimum atomic E-state index is -0.497. The molecule has 0 spiro atoms. The molecule has 0 aliphatic rings. The molecule has 0 unspecified atom stereocenters. The number of rotatable bonds is 7. The second kappa shape index (κ2) is 11.2. The molecule has 0 heterocycles. The first-order chi connectivity index (χ1) is 15.9. The van der Waals surface area contributed by atoms with Crippen LogP contribution >= 0.6 is 22.6 Å². The summed E-state index contributed by atoms with van der Waals surface area (Å²) < 4.78 is 12.2. The van der Waals surface area contributed by atoms with Gasteiger partial charge in [0.05, 0.1) is 22.3 Å². The lowest BCUT2D eigenvalue weighted by Crippen LogP contribution is -2.13. The molecular formula is C26H20IN3O3. The normalized spacial score (nSPS) is 10.6. The zero-order valence-corrected chi connectivity index (χ0v) is 20.2. The van der Waals surface area contributed by atoms with Crippen molar-refractivity contribution in [2.45, 2.75) is 13.5 Å². The number of hydrogen-bond donors (Lipinski definition) is 1. The Hall–Kier alpha value is -3.82. The number of nitriles is 2. The summed E-state index contributed by atoms with van der Waals surface area (Å²) in [6, 6.07) is 22.2. The quantitative estimate of drug-likeness (QED) is 0.235. The highest BCUT2D eigenvalue weighted by Gasteiger charge is 2.15. The Morgan fingerprint density at radius 2 is 1.85 bits per heavy atom. The van der Waals surface area contributed by atoms with Crippen LogP contribution in [0.15, 0.2) is 66.2 Å². The van der Waals surface area contributed by atoms with Gasteiger partial charge in [-0.1, -0.05) is 35.9 Å². The van der Waals surface area contributed by atoms with Gasteiger partial charge in [0.1, 0.15) is 18.2 Å². The molecule has 3 aromatic carbocycles. The van der Waals surface area contributed by atoms with Crippen LogP contribution in [0.1, 0.15) is 22.3 Å². The molecule has 1 amide bonds. The minimum Gasteiger partial charge on any atom is -0.493 e. The maximum absolute atomic E-state index is 12.6. The van der Waals surface area contributed by atoms with Crippen LogP contribution in [0.5, 0.6) is 11.5 Å². The molecule has 0 fully saturated rings. The van der Waals surface area contributed by atoms with Gasteiger partial charge in [0.25, 0.3) is 5.91 Å². The molecule has 0 aromatic heterocycles. The van der Waals surface area contributed by atoms with Crippen molar-refractivity contribution >= 4 is 40.3 Å². The number of nitrogens with zero attached hydrogens (tertiary/aromatic N) is 2. The van der Waals surface area contributed by atoms with E-state index in [2.05, 4.69) is 34.0 Å². The lowest BCUT2D eigenvalue weighted by Gasteiger charge is -2.14. The highest BCUT2D eigenvalue weighted by molar-refractivity contribution is 14.1. The van der Waals surface area contributed by atoms with Crippen LogP contribution in [-0.4, -0.2) is 13.0 Å². The van der Waals surface area contributed by atoms with E-state index < -0.39 is 5.91 Å².